The fraction of sp³-hybridized carbons (Fsp3) is 0.455. The normalized spacial score (nSPS) is 19.2. The van der Waals surface area contributed by atoms with Crippen molar-refractivity contribution in [2.24, 2.45) is 0 Å². The summed E-state index contributed by atoms with van der Waals surface area (Å²) in [6.07, 6.45) is -2.77. The number of hydrogen-bond acceptors (Lipinski definition) is 10. The Balaban J connectivity index is 1.44. The quantitative estimate of drug-likeness (QED) is 0.137. The molecule has 0 spiro atoms. The molecule has 0 atom stereocenters. The molecule has 1 aliphatic carbocycles. The molecule has 2 heterocycles. The number of alkyl halides is 3. The molecule has 1 aliphatic heterocycles. The van der Waals surface area contributed by atoms with Crippen molar-refractivity contribution in [1.82, 2.24) is 14.9 Å². The highest BCUT2D eigenvalue weighted by Gasteiger charge is 2.42. The third-order valence-corrected chi connectivity index (χ3v) is 10.4. The number of aliphatic carboxylic acids is 1. The molecule has 1 fully saturated rings. The van der Waals surface area contributed by atoms with Crippen molar-refractivity contribution in [2.45, 2.75) is 69.9 Å². The Bertz CT molecular complexity index is 1700. The summed E-state index contributed by atoms with van der Waals surface area (Å²) in [7, 11) is 1.92. The van der Waals surface area contributed by atoms with Crippen LogP contribution >= 0.6 is 8.38 Å². The number of halogens is 3. The molecule has 2 aromatic carbocycles. The highest BCUT2D eigenvalue weighted by Crippen LogP contribution is 2.45. The van der Waals surface area contributed by atoms with Gasteiger partial charge in [-0.05, 0) is 80.3 Å². The summed E-state index contributed by atoms with van der Waals surface area (Å²) in [5, 5.41) is 25.5. The summed E-state index contributed by atoms with van der Waals surface area (Å²) in [6.45, 7) is 5.01. The van der Waals surface area contributed by atoms with Crippen LogP contribution in [0.2, 0.25) is 0 Å². The van der Waals surface area contributed by atoms with Crippen LogP contribution in [0, 0.1) is 0 Å². The number of anilines is 4. The van der Waals surface area contributed by atoms with E-state index in [1.54, 1.807) is 31.3 Å². The molecule has 12 nitrogen and oxygen atoms in total. The van der Waals surface area contributed by atoms with Crippen molar-refractivity contribution in [3.63, 3.8) is 0 Å². The average molecular weight is 706 g/mol. The number of rotatable bonds is 13. The zero-order valence-corrected chi connectivity index (χ0v) is 28.5. The molecule has 3 aromatic rings. The van der Waals surface area contributed by atoms with Gasteiger partial charge in [-0.1, -0.05) is 12.1 Å². The number of hydrogen-bond donors (Lipinski definition) is 4. The van der Waals surface area contributed by atoms with E-state index in [0.717, 1.165) is 11.1 Å². The molecular formula is C33H39F3N5O7P. The van der Waals surface area contributed by atoms with E-state index in [1.165, 1.54) is 12.0 Å². The maximum Gasteiger partial charge on any atom is 0.421 e. The van der Waals surface area contributed by atoms with Gasteiger partial charge in [0.15, 0.2) is 14.0 Å². The van der Waals surface area contributed by atoms with E-state index in [0.29, 0.717) is 55.4 Å². The lowest BCUT2D eigenvalue weighted by Crippen LogP contribution is -2.41. The number of carbonyl (C=O) groups excluding carboxylic acids is 1. The molecule has 1 amide bonds. The summed E-state index contributed by atoms with van der Waals surface area (Å²) >= 11 is 0. The van der Waals surface area contributed by atoms with E-state index >= 15 is 0 Å². The van der Waals surface area contributed by atoms with E-state index in [-0.39, 0.29) is 48.4 Å². The first-order valence-corrected chi connectivity index (χ1v) is 17.2. The predicted molar refractivity (Wildman–Crippen MR) is 177 cm³/mol. The first-order valence-electron chi connectivity index (χ1n) is 15.8. The molecule has 1 aromatic heterocycles. The minimum Gasteiger partial charge on any atom is -0.495 e. The number of carboxylic acid groups (broad SMARTS) is 1. The van der Waals surface area contributed by atoms with Gasteiger partial charge in [-0.25, -0.2) is 9.78 Å². The van der Waals surface area contributed by atoms with Crippen LogP contribution in [0.25, 0.3) is 0 Å². The molecule has 2 aliphatic rings. The second-order valence-corrected chi connectivity index (χ2v) is 13.4. The maximum atomic E-state index is 14.2. The Morgan fingerprint density at radius 3 is 2.39 bits per heavy atom. The maximum absolute atomic E-state index is 14.2. The number of aromatic nitrogens is 2. The van der Waals surface area contributed by atoms with Gasteiger partial charge in [0, 0.05) is 26.0 Å². The summed E-state index contributed by atoms with van der Waals surface area (Å²) in [5.41, 5.74) is 0.173. The Labute approximate surface area is 282 Å². The first-order chi connectivity index (χ1) is 23.3. The number of nitrogens with one attached hydrogen (secondary N) is 2. The van der Waals surface area contributed by atoms with Gasteiger partial charge in [0.25, 0.3) is 5.91 Å². The zero-order chi connectivity index (χ0) is 35.5. The van der Waals surface area contributed by atoms with Crippen LogP contribution in [0.15, 0.2) is 36.5 Å². The van der Waals surface area contributed by atoms with Crippen molar-refractivity contribution >= 4 is 43.4 Å². The number of methoxy groups -OCH3 is 1. The first kappa shape index (κ1) is 36.2. The molecule has 0 bridgehead atoms. The Kier molecular flexibility index (Phi) is 11.0. The SMILES string of the molecule is CCOP(Cc1ccc(Nc2ncc(C(F)(F)F)c(Nc3ccc(C4CCC(O)(C(=O)O)CC4)c4c3C(=O)N(C)C4)n2)c(OC)c1)OCC. The van der Waals surface area contributed by atoms with Gasteiger partial charge in [0.05, 0.1) is 37.3 Å². The zero-order valence-electron chi connectivity index (χ0n) is 27.6. The van der Waals surface area contributed by atoms with Gasteiger partial charge < -0.3 is 39.5 Å². The van der Waals surface area contributed by atoms with Gasteiger partial charge >= 0.3 is 12.1 Å². The van der Waals surface area contributed by atoms with Crippen molar-refractivity contribution in [3.05, 3.63) is 64.3 Å². The second-order valence-electron chi connectivity index (χ2n) is 11.9. The van der Waals surface area contributed by atoms with Crippen LogP contribution in [0.4, 0.5) is 36.3 Å². The fourth-order valence-corrected chi connectivity index (χ4v) is 7.51. The van der Waals surface area contributed by atoms with E-state index in [9.17, 15) is 33.0 Å². The minimum atomic E-state index is -4.81. The second kappa shape index (κ2) is 14.8. The van der Waals surface area contributed by atoms with E-state index < -0.39 is 37.5 Å². The van der Waals surface area contributed by atoms with Crippen molar-refractivity contribution in [3.8, 4) is 5.75 Å². The standard InChI is InChI=1S/C33H39F3N5O7P/c1-5-47-49(48-6-2)18-19-7-9-24(26(15-19)46-4)39-31-37-16-23(33(34,35)36)28(40-31)38-25-10-8-21(22-17-41(3)29(42)27(22)25)20-11-13-32(45,14-12-20)30(43)44/h7-10,15-16,20,45H,5-6,11-14,17-18H2,1-4H3,(H,43,44)(H2,37,38,39,40). The fourth-order valence-electron chi connectivity index (χ4n) is 6.18. The molecule has 264 valence electrons. The summed E-state index contributed by atoms with van der Waals surface area (Å²) in [6, 6.07) is 8.59. The Morgan fingerprint density at radius 2 is 1.78 bits per heavy atom. The highest BCUT2D eigenvalue weighted by molar-refractivity contribution is 7.46. The average Bonchev–Trinajstić information content (AvgIpc) is 3.36. The third-order valence-electron chi connectivity index (χ3n) is 8.67. The molecule has 0 radical (unpaired) electrons. The number of fused-ring (bicyclic) bond motifs is 1. The number of ether oxygens (including phenoxy) is 1. The van der Waals surface area contributed by atoms with Gasteiger partial charge in [0.1, 0.15) is 17.1 Å². The smallest absolute Gasteiger partial charge is 0.421 e. The number of amides is 1. The lowest BCUT2D eigenvalue weighted by Gasteiger charge is -2.33. The Morgan fingerprint density at radius 1 is 1.10 bits per heavy atom. The molecule has 49 heavy (non-hydrogen) atoms. The molecule has 4 N–H and O–H groups in total. The van der Waals surface area contributed by atoms with Crippen LogP contribution in [-0.4, -0.2) is 69.9 Å². The van der Waals surface area contributed by atoms with Crippen LogP contribution in [0.3, 0.4) is 0 Å². The van der Waals surface area contributed by atoms with Crippen LogP contribution in [0.5, 0.6) is 5.75 Å². The van der Waals surface area contributed by atoms with Gasteiger partial charge in [-0.2, -0.15) is 18.2 Å². The third kappa shape index (κ3) is 7.90. The monoisotopic (exact) mass is 705 g/mol. The summed E-state index contributed by atoms with van der Waals surface area (Å²) < 4.78 is 59.6. The van der Waals surface area contributed by atoms with E-state index in [1.807, 2.05) is 19.9 Å². The van der Waals surface area contributed by atoms with Crippen molar-refractivity contribution in [1.29, 1.82) is 0 Å². The highest BCUT2D eigenvalue weighted by atomic mass is 31.2. The van der Waals surface area contributed by atoms with Gasteiger partial charge in [0.2, 0.25) is 5.95 Å². The van der Waals surface area contributed by atoms with Crippen LogP contribution in [-0.2, 0) is 32.7 Å². The van der Waals surface area contributed by atoms with E-state index in [4.69, 9.17) is 13.8 Å². The number of carbonyl (C=O) groups is 2. The number of aliphatic hydroxyl groups is 1. The largest absolute Gasteiger partial charge is 0.495 e. The van der Waals surface area contributed by atoms with Crippen LogP contribution in [0.1, 0.15) is 78.1 Å². The van der Waals surface area contributed by atoms with Crippen LogP contribution < -0.4 is 15.4 Å². The lowest BCUT2D eigenvalue weighted by molar-refractivity contribution is -0.162. The minimum absolute atomic E-state index is 0.0482. The molecule has 16 heteroatoms. The molecule has 0 unspecified atom stereocenters. The van der Waals surface area contributed by atoms with Crippen molar-refractivity contribution < 1.29 is 46.8 Å². The predicted octanol–water partition coefficient (Wildman–Crippen LogP) is 6.94. The summed E-state index contributed by atoms with van der Waals surface area (Å²) in [5.74, 6) is -2.06. The van der Waals surface area contributed by atoms with E-state index in [2.05, 4.69) is 20.6 Å². The lowest BCUT2D eigenvalue weighted by atomic mass is 9.74. The number of benzene rings is 2. The van der Waals surface area contributed by atoms with Gasteiger partial charge in [-0.3, -0.25) is 4.79 Å². The molecular weight excluding hydrogens is 666 g/mol. The summed E-state index contributed by atoms with van der Waals surface area (Å²) in [4.78, 5) is 34.4. The number of carboxylic acids is 1. The molecule has 1 saturated carbocycles. The molecule has 5 rings (SSSR count). The number of nitrogens with zero attached hydrogens (tertiary/aromatic N) is 3. The Hall–Kier alpha value is -4.04. The van der Waals surface area contributed by atoms with Gasteiger partial charge in [-0.15, -0.1) is 0 Å². The van der Waals surface area contributed by atoms with Crippen molar-refractivity contribution in [2.75, 3.05) is 38.0 Å². The topological polar surface area (TPSA) is 155 Å². The molecule has 0 saturated heterocycles.